The Morgan fingerprint density at radius 3 is 2.18 bits per heavy atom. The monoisotopic (exact) mass is 235 g/mol. The van der Waals surface area contributed by atoms with Crippen molar-refractivity contribution in [2.75, 3.05) is 26.3 Å². The summed E-state index contributed by atoms with van der Waals surface area (Å²) in [4.78, 5) is 2.08. The van der Waals surface area contributed by atoms with Gasteiger partial charge in [0.15, 0.2) is 0 Å². The molecule has 3 heteroatoms. The molecule has 1 rings (SSSR count). The highest BCUT2D eigenvalue weighted by atomic mass is 16.3. The zero-order chi connectivity index (χ0) is 12.5. The molecule has 0 aliphatic carbocycles. The van der Waals surface area contributed by atoms with Crippen molar-refractivity contribution >= 4 is 0 Å². The third kappa shape index (κ3) is 4.30. The average Bonchev–Trinajstić information content (AvgIpc) is 2.37. The Bertz CT molecular complexity index is 307. The lowest BCUT2D eigenvalue weighted by Crippen LogP contribution is -2.33. The van der Waals surface area contributed by atoms with Crippen LogP contribution in [0.1, 0.15) is 18.0 Å². The Morgan fingerprint density at radius 2 is 1.71 bits per heavy atom. The number of hydrogen-bond donors (Lipinski definition) is 2. The van der Waals surface area contributed by atoms with E-state index >= 15 is 0 Å². The number of benzene rings is 1. The summed E-state index contributed by atoms with van der Waals surface area (Å²) < 4.78 is 0. The van der Waals surface area contributed by atoms with E-state index in [1.165, 1.54) is 5.56 Å². The van der Waals surface area contributed by atoms with E-state index in [0.29, 0.717) is 13.1 Å². The molecule has 0 aromatic heterocycles. The first-order valence-corrected chi connectivity index (χ1v) is 5.95. The molecule has 0 saturated carbocycles. The van der Waals surface area contributed by atoms with Gasteiger partial charge in [-0.3, -0.25) is 4.90 Å². The average molecular weight is 235 g/mol. The standard InChI is InChI=1S/C14H21NO2/c1-2-6-14(13-7-4-3-5-8-13)15(9-11-16)10-12-17/h2-5,7-8,14,16-17H,1,6,9-12H2. The largest absolute Gasteiger partial charge is 0.395 e. The van der Waals surface area contributed by atoms with Gasteiger partial charge >= 0.3 is 0 Å². The highest BCUT2D eigenvalue weighted by molar-refractivity contribution is 5.19. The van der Waals surface area contributed by atoms with Gasteiger partial charge in [0, 0.05) is 19.1 Å². The fourth-order valence-electron chi connectivity index (χ4n) is 2.01. The number of aliphatic hydroxyl groups excluding tert-OH is 2. The lowest BCUT2D eigenvalue weighted by molar-refractivity contribution is 0.122. The van der Waals surface area contributed by atoms with Gasteiger partial charge in [0.25, 0.3) is 0 Å². The molecule has 17 heavy (non-hydrogen) atoms. The van der Waals surface area contributed by atoms with Crippen LogP contribution in [0.15, 0.2) is 43.0 Å². The molecule has 2 N–H and O–H groups in total. The maximum Gasteiger partial charge on any atom is 0.0558 e. The number of nitrogens with zero attached hydrogens (tertiary/aromatic N) is 1. The SMILES string of the molecule is C=CCC(c1ccccc1)N(CCO)CCO. The third-order valence-corrected chi connectivity index (χ3v) is 2.79. The van der Waals surface area contributed by atoms with Gasteiger partial charge < -0.3 is 10.2 Å². The Kier molecular flexibility index (Phi) is 6.55. The lowest BCUT2D eigenvalue weighted by atomic mass is 10.0. The van der Waals surface area contributed by atoms with E-state index in [0.717, 1.165) is 6.42 Å². The van der Waals surface area contributed by atoms with Crippen molar-refractivity contribution in [3.8, 4) is 0 Å². The third-order valence-electron chi connectivity index (χ3n) is 2.79. The van der Waals surface area contributed by atoms with Crippen molar-refractivity contribution in [3.63, 3.8) is 0 Å². The second-order valence-electron chi connectivity index (χ2n) is 3.93. The summed E-state index contributed by atoms with van der Waals surface area (Å²) in [6.45, 7) is 5.10. The molecule has 1 aromatic rings. The van der Waals surface area contributed by atoms with Crippen molar-refractivity contribution in [1.29, 1.82) is 0 Å². The van der Waals surface area contributed by atoms with Crippen LogP contribution in [0, 0.1) is 0 Å². The second-order valence-corrected chi connectivity index (χ2v) is 3.93. The lowest BCUT2D eigenvalue weighted by Gasteiger charge is -2.30. The summed E-state index contributed by atoms with van der Waals surface area (Å²) in [6, 6.07) is 10.3. The Hall–Kier alpha value is -1.16. The first-order chi connectivity index (χ1) is 8.33. The smallest absolute Gasteiger partial charge is 0.0558 e. The van der Waals surface area contributed by atoms with Crippen LogP contribution in [0.2, 0.25) is 0 Å². The summed E-state index contributed by atoms with van der Waals surface area (Å²) in [6.07, 6.45) is 2.68. The fourth-order valence-corrected chi connectivity index (χ4v) is 2.01. The van der Waals surface area contributed by atoms with Crippen molar-refractivity contribution in [1.82, 2.24) is 4.90 Å². The quantitative estimate of drug-likeness (QED) is 0.673. The number of aliphatic hydroxyl groups is 2. The van der Waals surface area contributed by atoms with Crippen molar-refractivity contribution < 1.29 is 10.2 Å². The molecular formula is C14H21NO2. The van der Waals surface area contributed by atoms with Crippen LogP contribution < -0.4 is 0 Å². The predicted molar refractivity (Wildman–Crippen MR) is 69.7 cm³/mol. The Morgan fingerprint density at radius 1 is 1.12 bits per heavy atom. The van der Waals surface area contributed by atoms with Gasteiger partial charge in [0.1, 0.15) is 0 Å². The van der Waals surface area contributed by atoms with Crippen LogP contribution in [-0.2, 0) is 0 Å². The minimum absolute atomic E-state index is 0.0977. The molecule has 0 fully saturated rings. The molecule has 1 aromatic carbocycles. The molecule has 0 radical (unpaired) electrons. The second kappa shape index (κ2) is 8.01. The first-order valence-electron chi connectivity index (χ1n) is 5.95. The van der Waals surface area contributed by atoms with Gasteiger partial charge in [-0.1, -0.05) is 36.4 Å². The predicted octanol–water partition coefficient (Wildman–Crippen LogP) is 1.59. The van der Waals surface area contributed by atoms with Gasteiger partial charge in [-0.25, -0.2) is 0 Å². The van der Waals surface area contributed by atoms with Crippen molar-refractivity contribution in [2.24, 2.45) is 0 Å². The van der Waals surface area contributed by atoms with Crippen LogP contribution in [0.5, 0.6) is 0 Å². The molecule has 1 atom stereocenters. The molecule has 0 aliphatic heterocycles. The van der Waals surface area contributed by atoms with E-state index in [4.69, 9.17) is 10.2 Å². The van der Waals surface area contributed by atoms with Crippen LogP contribution in [0.4, 0.5) is 0 Å². The molecule has 0 spiro atoms. The molecule has 0 bridgehead atoms. The van der Waals surface area contributed by atoms with E-state index < -0.39 is 0 Å². The van der Waals surface area contributed by atoms with Gasteiger partial charge in [-0.2, -0.15) is 0 Å². The van der Waals surface area contributed by atoms with Gasteiger partial charge in [0.2, 0.25) is 0 Å². The summed E-state index contributed by atoms with van der Waals surface area (Å²) in [5.74, 6) is 0. The molecule has 0 saturated heterocycles. The van der Waals surface area contributed by atoms with Crippen molar-refractivity contribution in [2.45, 2.75) is 12.5 Å². The van der Waals surface area contributed by atoms with Crippen molar-refractivity contribution in [3.05, 3.63) is 48.6 Å². The first kappa shape index (κ1) is 13.9. The zero-order valence-electron chi connectivity index (χ0n) is 10.1. The van der Waals surface area contributed by atoms with E-state index in [9.17, 15) is 0 Å². The highest BCUT2D eigenvalue weighted by Gasteiger charge is 2.17. The zero-order valence-corrected chi connectivity index (χ0v) is 10.1. The molecule has 1 unspecified atom stereocenters. The molecule has 94 valence electrons. The normalized spacial score (nSPS) is 12.6. The number of rotatable bonds is 8. The van der Waals surface area contributed by atoms with Gasteiger partial charge in [-0.05, 0) is 12.0 Å². The van der Waals surface area contributed by atoms with E-state index in [1.54, 1.807) is 0 Å². The van der Waals surface area contributed by atoms with Crippen LogP contribution >= 0.6 is 0 Å². The topological polar surface area (TPSA) is 43.7 Å². The molecule has 0 aliphatic rings. The van der Waals surface area contributed by atoms with Gasteiger partial charge in [-0.15, -0.1) is 6.58 Å². The maximum atomic E-state index is 9.08. The minimum atomic E-state index is 0.0977. The van der Waals surface area contributed by atoms with E-state index in [1.807, 2.05) is 24.3 Å². The number of hydrogen-bond acceptors (Lipinski definition) is 3. The molecular weight excluding hydrogens is 214 g/mol. The Balaban J connectivity index is 2.85. The van der Waals surface area contributed by atoms with Crippen LogP contribution in [0.25, 0.3) is 0 Å². The highest BCUT2D eigenvalue weighted by Crippen LogP contribution is 2.23. The summed E-state index contributed by atoms with van der Waals surface area (Å²) >= 11 is 0. The van der Waals surface area contributed by atoms with E-state index in [2.05, 4.69) is 23.6 Å². The fraction of sp³-hybridized carbons (Fsp3) is 0.429. The van der Waals surface area contributed by atoms with Gasteiger partial charge in [0.05, 0.1) is 13.2 Å². The Labute approximate surface area is 103 Å². The van der Waals surface area contributed by atoms with E-state index in [-0.39, 0.29) is 19.3 Å². The molecule has 3 nitrogen and oxygen atoms in total. The molecule has 0 heterocycles. The molecule has 0 amide bonds. The summed E-state index contributed by atoms with van der Waals surface area (Å²) in [7, 11) is 0. The minimum Gasteiger partial charge on any atom is -0.395 e. The van der Waals surface area contributed by atoms with Crippen LogP contribution in [0.3, 0.4) is 0 Å². The summed E-state index contributed by atoms with van der Waals surface area (Å²) in [5, 5.41) is 18.2. The summed E-state index contributed by atoms with van der Waals surface area (Å²) in [5.41, 5.74) is 1.19. The van der Waals surface area contributed by atoms with Crippen LogP contribution in [-0.4, -0.2) is 41.4 Å². The maximum absolute atomic E-state index is 9.08.